The molecule has 0 aliphatic heterocycles. The number of pyridine rings is 1. The Bertz CT molecular complexity index is 423. The van der Waals surface area contributed by atoms with Crippen LogP contribution in [0.4, 0.5) is 5.82 Å². The van der Waals surface area contributed by atoms with E-state index in [0.29, 0.717) is 12.6 Å². The van der Waals surface area contributed by atoms with Crippen LogP contribution < -0.4 is 10.2 Å². The zero-order valence-electron chi connectivity index (χ0n) is 11.8. The Labute approximate surface area is 120 Å². The summed E-state index contributed by atoms with van der Waals surface area (Å²) in [7, 11) is 3.74. The third kappa shape index (κ3) is 4.06. The van der Waals surface area contributed by atoms with Gasteiger partial charge in [0, 0.05) is 32.9 Å². The molecule has 1 fully saturated rings. The largest absolute Gasteiger partial charge is 0.383 e. The van der Waals surface area contributed by atoms with Crippen molar-refractivity contribution in [2.45, 2.75) is 38.4 Å². The van der Waals surface area contributed by atoms with E-state index in [2.05, 4.69) is 28.2 Å². The van der Waals surface area contributed by atoms with E-state index < -0.39 is 0 Å². The highest BCUT2D eigenvalue weighted by Gasteiger charge is 2.21. The molecular weight excluding hydrogens is 262 g/mol. The Morgan fingerprint density at radius 3 is 2.95 bits per heavy atom. The van der Waals surface area contributed by atoms with E-state index in [4.69, 9.17) is 16.3 Å². The van der Waals surface area contributed by atoms with Crippen molar-refractivity contribution in [3.05, 3.63) is 22.8 Å². The van der Waals surface area contributed by atoms with E-state index in [1.807, 2.05) is 7.05 Å². The zero-order valence-corrected chi connectivity index (χ0v) is 12.6. The van der Waals surface area contributed by atoms with Gasteiger partial charge in [0.05, 0.1) is 17.7 Å². The van der Waals surface area contributed by atoms with Gasteiger partial charge in [-0.3, -0.25) is 0 Å². The molecule has 1 N–H and O–H groups in total. The highest BCUT2D eigenvalue weighted by Crippen LogP contribution is 2.24. The zero-order chi connectivity index (χ0) is 13.8. The SMILES string of the molecule is COCC(C)N(C)c1cc(CNC2CC2)c(Cl)cn1. The fraction of sp³-hybridized carbons (Fsp3) is 0.643. The number of ether oxygens (including phenoxy) is 1. The standard InChI is InChI=1S/C14H22ClN3O/c1-10(9-19-3)18(2)14-6-11(13(15)8-17-14)7-16-12-4-5-12/h6,8,10,12,16H,4-5,7,9H2,1-3H3. The van der Waals surface area contributed by atoms with Gasteiger partial charge < -0.3 is 15.0 Å². The molecule has 1 aromatic rings. The average Bonchev–Trinajstić information content (AvgIpc) is 3.21. The maximum Gasteiger partial charge on any atom is 0.128 e. The summed E-state index contributed by atoms with van der Waals surface area (Å²) in [6, 6.07) is 3.02. The fourth-order valence-corrected chi connectivity index (χ4v) is 2.09. The molecule has 0 aromatic carbocycles. The lowest BCUT2D eigenvalue weighted by Crippen LogP contribution is -2.33. The minimum atomic E-state index is 0.280. The molecule has 1 unspecified atom stereocenters. The predicted molar refractivity (Wildman–Crippen MR) is 78.8 cm³/mol. The lowest BCUT2D eigenvalue weighted by Gasteiger charge is -2.25. The van der Waals surface area contributed by atoms with Crippen LogP contribution in [0.5, 0.6) is 0 Å². The Kier molecular flexibility index (Phi) is 5.02. The van der Waals surface area contributed by atoms with Crippen LogP contribution in [0.25, 0.3) is 0 Å². The van der Waals surface area contributed by atoms with Gasteiger partial charge >= 0.3 is 0 Å². The van der Waals surface area contributed by atoms with E-state index >= 15 is 0 Å². The minimum Gasteiger partial charge on any atom is -0.383 e. The van der Waals surface area contributed by atoms with Crippen molar-refractivity contribution in [3.8, 4) is 0 Å². The van der Waals surface area contributed by atoms with E-state index in [1.165, 1.54) is 12.8 Å². The summed E-state index contributed by atoms with van der Waals surface area (Å²) in [5.74, 6) is 0.932. The molecule has 0 spiro atoms. The lowest BCUT2D eigenvalue weighted by atomic mass is 10.2. The normalized spacial score (nSPS) is 16.4. The Balaban J connectivity index is 2.05. The van der Waals surface area contributed by atoms with Crippen LogP contribution in [0.3, 0.4) is 0 Å². The highest BCUT2D eigenvalue weighted by molar-refractivity contribution is 6.31. The van der Waals surface area contributed by atoms with E-state index in [1.54, 1.807) is 13.3 Å². The maximum atomic E-state index is 6.20. The van der Waals surface area contributed by atoms with E-state index in [0.717, 1.165) is 22.9 Å². The smallest absolute Gasteiger partial charge is 0.128 e. The van der Waals surface area contributed by atoms with Crippen molar-refractivity contribution in [3.63, 3.8) is 0 Å². The van der Waals surface area contributed by atoms with Gasteiger partial charge in [0.1, 0.15) is 5.82 Å². The van der Waals surface area contributed by atoms with Crippen molar-refractivity contribution >= 4 is 17.4 Å². The molecule has 1 aliphatic rings. The highest BCUT2D eigenvalue weighted by atomic mass is 35.5. The number of hydrogen-bond donors (Lipinski definition) is 1. The monoisotopic (exact) mass is 283 g/mol. The summed E-state index contributed by atoms with van der Waals surface area (Å²) in [5, 5.41) is 4.21. The number of hydrogen-bond acceptors (Lipinski definition) is 4. The third-order valence-corrected chi connectivity index (χ3v) is 3.85. The fourth-order valence-electron chi connectivity index (χ4n) is 1.92. The summed E-state index contributed by atoms with van der Waals surface area (Å²) < 4.78 is 5.18. The van der Waals surface area contributed by atoms with Gasteiger partial charge in [-0.25, -0.2) is 4.98 Å². The second-order valence-electron chi connectivity index (χ2n) is 5.20. The molecule has 1 saturated carbocycles. The number of rotatable bonds is 7. The minimum absolute atomic E-state index is 0.280. The first-order valence-corrected chi connectivity index (χ1v) is 7.09. The van der Waals surface area contributed by atoms with Gasteiger partial charge in [-0.05, 0) is 31.4 Å². The molecule has 0 radical (unpaired) electrons. The van der Waals surface area contributed by atoms with E-state index in [9.17, 15) is 0 Å². The van der Waals surface area contributed by atoms with Gasteiger partial charge in [0.15, 0.2) is 0 Å². The van der Waals surface area contributed by atoms with Crippen molar-refractivity contribution in [1.29, 1.82) is 0 Å². The van der Waals surface area contributed by atoms with Gasteiger partial charge in [0.25, 0.3) is 0 Å². The van der Waals surface area contributed by atoms with Crippen molar-refractivity contribution in [2.75, 3.05) is 25.7 Å². The van der Waals surface area contributed by atoms with Crippen LogP contribution in [0.1, 0.15) is 25.3 Å². The van der Waals surface area contributed by atoms with Crippen molar-refractivity contribution < 1.29 is 4.74 Å². The summed E-state index contributed by atoms with van der Waals surface area (Å²) >= 11 is 6.20. The first-order valence-electron chi connectivity index (χ1n) is 6.71. The molecule has 1 heterocycles. The predicted octanol–water partition coefficient (Wildman–Crippen LogP) is 2.46. The number of likely N-dealkylation sites (N-methyl/N-ethyl adjacent to an activating group) is 1. The number of anilines is 1. The molecule has 19 heavy (non-hydrogen) atoms. The number of methoxy groups -OCH3 is 1. The van der Waals surface area contributed by atoms with Gasteiger partial charge in [0.2, 0.25) is 0 Å². The molecule has 1 aromatic heterocycles. The average molecular weight is 284 g/mol. The van der Waals surface area contributed by atoms with Crippen molar-refractivity contribution in [1.82, 2.24) is 10.3 Å². The number of halogens is 1. The summed E-state index contributed by atoms with van der Waals surface area (Å²) in [6.45, 7) is 3.60. The second kappa shape index (κ2) is 6.55. The van der Waals surface area contributed by atoms with Gasteiger partial charge in [-0.1, -0.05) is 11.6 Å². The lowest BCUT2D eigenvalue weighted by molar-refractivity contribution is 0.183. The molecule has 4 nitrogen and oxygen atoms in total. The molecule has 0 saturated heterocycles. The van der Waals surface area contributed by atoms with Crippen LogP contribution in [0, 0.1) is 0 Å². The molecule has 0 amide bonds. The molecule has 2 rings (SSSR count). The molecule has 1 atom stereocenters. The maximum absolute atomic E-state index is 6.20. The second-order valence-corrected chi connectivity index (χ2v) is 5.61. The topological polar surface area (TPSA) is 37.4 Å². The first-order chi connectivity index (χ1) is 9.11. The van der Waals surface area contributed by atoms with Crippen LogP contribution >= 0.6 is 11.6 Å². The molecule has 0 bridgehead atoms. The molecule has 106 valence electrons. The summed E-state index contributed by atoms with van der Waals surface area (Å²) in [5.41, 5.74) is 1.11. The quantitative estimate of drug-likeness (QED) is 0.834. The summed E-state index contributed by atoms with van der Waals surface area (Å²) in [4.78, 5) is 6.51. The first kappa shape index (κ1) is 14.6. The van der Waals surface area contributed by atoms with Gasteiger partial charge in [-0.15, -0.1) is 0 Å². The summed E-state index contributed by atoms with van der Waals surface area (Å²) in [6.07, 6.45) is 4.29. The van der Waals surface area contributed by atoms with Crippen LogP contribution in [-0.4, -0.2) is 37.8 Å². The number of nitrogens with zero attached hydrogens (tertiary/aromatic N) is 2. The molecule has 5 heteroatoms. The van der Waals surface area contributed by atoms with Crippen LogP contribution in [0.2, 0.25) is 5.02 Å². The van der Waals surface area contributed by atoms with E-state index in [-0.39, 0.29) is 6.04 Å². The van der Waals surface area contributed by atoms with Crippen LogP contribution in [0.15, 0.2) is 12.3 Å². The van der Waals surface area contributed by atoms with Crippen molar-refractivity contribution in [2.24, 2.45) is 0 Å². The Morgan fingerprint density at radius 2 is 2.32 bits per heavy atom. The molecule has 1 aliphatic carbocycles. The number of aromatic nitrogens is 1. The third-order valence-electron chi connectivity index (χ3n) is 3.51. The Hall–Kier alpha value is -0.840. The van der Waals surface area contributed by atoms with Crippen LogP contribution in [-0.2, 0) is 11.3 Å². The molecular formula is C14H22ClN3O. The Morgan fingerprint density at radius 1 is 1.58 bits per heavy atom. The van der Waals surface area contributed by atoms with Gasteiger partial charge in [-0.2, -0.15) is 0 Å². The number of nitrogens with one attached hydrogen (secondary N) is 1.